The third kappa shape index (κ3) is 3.98. The lowest BCUT2D eigenvalue weighted by Crippen LogP contribution is -2.38. The third-order valence-corrected chi connectivity index (χ3v) is 5.68. The van der Waals surface area contributed by atoms with Crippen molar-refractivity contribution in [3.8, 4) is 11.5 Å². The number of ether oxygens (including phenoxy) is 2. The zero-order valence-electron chi connectivity index (χ0n) is 16.8. The lowest BCUT2D eigenvalue weighted by Gasteiger charge is -2.31. The summed E-state index contributed by atoms with van der Waals surface area (Å²) in [4.78, 5) is 27.0. The summed E-state index contributed by atoms with van der Waals surface area (Å²) in [5, 5.41) is 9.93. The Morgan fingerprint density at radius 3 is 2.77 bits per heavy atom. The van der Waals surface area contributed by atoms with Crippen molar-refractivity contribution in [2.24, 2.45) is 0 Å². The van der Waals surface area contributed by atoms with E-state index in [9.17, 15) is 9.59 Å². The smallest absolute Gasteiger partial charge is 0.272 e. The normalized spacial score (nSPS) is 15.8. The number of aromatic amines is 1. The molecule has 4 heterocycles. The van der Waals surface area contributed by atoms with Crippen molar-refractivity contribution < 1.29 is 23.5 Å². The number of H-pyrrole nitrogens is 1. The largest absolute Gasteiger partial charge is 0.467 e. The van der Waals surface area contributed by atoms with Crippen molar-refractivity contribution >= 4 is 11.8 Å². The molecule has 2 amide bonds. The number of furan rings is 1. The third-order valence-electron chi connectivity index (χ3n) is 5.68. The second-order valence-electron chi connectivity index (χ2n) is 7.61. The zero-order valence-corrected chi connectivity index (χ0v) is 16.8. The van der Waals surface area contributed by atoms with Crippen LogP contribution in [0.15, 0.2) is 47.1 Å². The van der Waals surface area contributed by atoms with Gasteiger partial charge in [0.1, 0.15) is 11.5 Å². The number of carbonyl (C=O) groups excluding carboxylic acids is 2. The maximum absolute atomic E-state index is 12.9. The number of piperidine rings is 1. The number of hydrogen-bond donors (Lipinski definition) is 2. The Hall–Kier alpha value is -3.75. The molecular formula is C22H22N4O5. The number of nitrogens with one attached hydrogen (secondary N) is 2. The standard InChI is InChI=1S/C22H22N4O5/c27-21(23-12-16-2-1-9-29-16)18-11-17(24-25-18)14-5-7-26(8-6-14)22(28)15-3-4-19-20(10-15)31-13-30-19/h1-4,9-11,14H,5-8,12-13H2,(H,23,27)(H,24,25). The van der Waals surface area contributed by atoms with Crippen LogP contribution < -0.4 is 14.8 Å². The Bertz CT molecular complexity index is 1080. The molecule has 0 aliphatic carbocycles. The highest BCUT2D eigenvalue weighted by atomic mass is 16.7. The SMILES string of the molecule is O=C(NCc1ccco1)c1cc(C2CCN(C(=O)c3ccc4c(c3)OCO4)CC2)[nH]n1. The van der Waals surface area contributed by atoms with E-state index < -0.39 is 0 Å². The summed E-state index contributed by atoms with van der Waals surface area (Å²) in [7, 11) is 0. The van der Waals surface area contributed by atoms with Crippen LogP contribution in [0.3, 0.4) is 0 Å². The fraction of sp³-hybridized carbons (Fsp3) is 0.318. The molecule has 1 fully saturated rings. The molecule has 2 aromatic heterocycles. The van der Waals surface area contributed by atoms with Gasteiger partial charge in [-0.25, -0.2) is 0 Å². The molecule has 0 saturated carbocycles. The number of benzene rings is 1. The molecule has 9 heteroatoms. The monoisotopic (exact) mass is 422 g/mol. The van der Waals surface area contributed by atoms with Gasteiger partial charge in [-0.05, 0) is 49.2 Å². The van der Waals surface area contributed by atoms with E-state index in [4.69, 9.17) is 13.9 Å². The maximum atomic E-state index is 12.9. The number of aromatic nitrogens is 2. The molecule has 2 aliphatic rings. The number of rotatable bonds is 5. The quantitative estimate of drug-likeness (QED) is 0.654. The van der Waals surface area contributed by atoms with E-state index >= 15 is 0 Å². The number of nitrogens with zero attached hydrogens (tertiary/aromatic N) is 2. The predicted molar refractivity (Wildman–Crippen MR) is 109 cm³/mol. The van der Waals surface area contributed by atoms with Gasteiger partial charge in [-0.1, -0.05) is 0 Å². The van der Waals surface area contributed by atoms with Gasteiger partial charge in [0.2, 0.25) is 6.79 Å². The number of hydrogen-bond acceptors (Lipinski definition) is 6. The van der Waals surface area contributed by atoms with Gasteiger partial charge in [-0.3, -0.25) is 14.7 Å². The second-order valence-corrected chi connectivity index (χ2v) is 7.61. The molecule has 31 heavy (non-hydrogen) atoms. The van der Waals surface area contributed by atoms with Crippen LogP contribution in [0, 0.1) is 0 Å². The first-order chi connectivity index (χ1) is 15.2. The average molecular weight is 422 g/mol. The Kier molecular flexibility index (Phi) is 5.07. The number of amides is 2. The van der Waals surface area contributed by atoms with E-state index in [2.05, 4.69) is 15.5 Å². The summed E-state index contributed by atoms with van der Waals surface area (Å²) in [5.74, 6) is 1.91. The molecule has 1 saturated heterocycles. The molecular weight excluding hydrogens is 400 g/mol. The number of fused-ring (bicyclic) bond motifs is 1. The topological polar surface area (TPSA) is 110 Å². The van der Waals surface area contributed by atoms with Crippen LogP contribution >= 0.6 is 0 Å². The van der Waals surface area contributed by atoms with Gasteiger partial charge in [0, 0.05) is 30.3 Å². The summed E-state index contributed by atoms with van der Waals surface area (Å²) in [6, 6.07) is 10.6. The molecule has 5 rings (SSSR count). The van der Waals surface area contributed by atoms with Gasteiger partial charge in [0.15, 0.2) is 11.5 Å². The molecule has 2 N–H and O–H groups in total. The summed E-state index contributed by atoms with van der Waals surface area (Å²) >= 11 is 0. The molecule has 0 radical (unpaired) electrons. The minimum absolute atomic E-state index is 0.0145. The van der Waals surface area contributed by atoms with Crippen LogP contribution in [0.5, 0.6) is 11.5 Å². The van der Waals surface area contributed by atoms with E-state index in [0.717, 1.165) is 18.5 Å². The van der Waals surface area contributed by atoms with Gasteiger partial charge in [-0.2, -0.15) is 5.10 Å². The summed E-state index contributed by atoms with van der Waals surface area (Å²) in [6.07, 6.45) is 3.16. The highest BCUT2D eigenvalue weighted by molar-refractivity contribution is 5.95. The first-order valence-corrected chi connectivity index (χ1v) is 10.2. The van der Waals surface area contributed by atoms with Crippen LogP contribution in [0.1, 0.15) is 51.1 Å². The summed E-state index contributed by atoms with van der Waals surface area (Å²) in [5.41, 5.74) is 1.86. The predicted octanol–water partition coefficient (Wildman–Crippen LogP) is 2.68. The van der Waals surface area contributed by atoms with Crippen LogP contribution in [-0.4, -0.2) is 46.8 Å². The van der Waals surface area contributed by atoms with E-state index in [1.807, 2.05) is 4.90 Å². The minimum Gasteiger partial charge on any atom is -0.467 e. The Labute approximate surface area is 178 Å². The maximum Gasteiger partial charge on any atom is 0.272 e. The Morgan fingerprint density at radius 2 is 1.97 bits per heavy atom. The molecule has 0 atom stereocenters. The van der Waals surface area contributed by atoms with Gasteiger partial charge in [0.25, 0.3) is 11.8 Å². The number of carbonyl (C=O) groups is 2. The van der Waals surface area contributed by atoms with Gasteiger partial charge in [0.05, 0.1) is 12.8 Å². The lowest BCUT2D eigenvalue weighted by atomic mass is 9.93. The first kappa shape index (κ1) is 19.2. The van der Waals surface area contributed by atoms with Crippen molar-refractivity contribution in [3.05, 3.63) is 65.4 Å². The van der Waals surface area contributed by atoms with E-state index in [1.165, 1.54) is 0 Å². The first-order valence-electron chi connectivity index (χ1n) is 10.2. The second kappa shape index (κ2) is 8.17. The molecule has 1 aromatic carbocycles. The fourth-order valence-corrected chi connectivity index (χ4v) is 3.94. The Morgan fingerprint density at radius 1 is 1.13 bits per heavy atom. The lowest BCUT2D eigenvalue weighted by molar-refractivity contribution is 0.0711. The number of likely N-dealkylation sites (tertiary alicyclic amines) is 1. The van der Waals surface area contributed by atoms with Crippen LogP contribution in [0.25, 0.3) is 0 Å². The van der Waals surface area contributed by atoms with Gasteiger partial charge in [-0.15, -0.1) is 0 Å². The minimum atomic E-state index is -0.255. The molecule has 0 spiro atoms. The van der Waals surface area contributed by atoms with Gasteiger partial charge < -0.3 is 24.1 Å². The zero-order chi connectivity index (χ0) is 21.2. The average Bonchev–Trinajstić information content (AvgIpc) is 3.58. The van der Waals surface area contributed by atoms with Crippen LogP contribution in [-0.2, 0) is 6.54 Å². The highest BCUT2D eigenvalue weighted by Crippen LogP contribution is 2.33. The fourth-order valence-electron chi connectivity index (χ4n) is 3.94. The highest BCUT2D eigenvalue weighted by Gasteiger charge is 2.27. The molecule has 160 valence electrons. The Balaban J connectivity index is 1.16. The van der Waals surface area contributed by atoms with E-state index in [-0.39, 0.29) is 24.5 Å². The van der Waals surface area contributed by atoms with Crippen LogP contribution in [0.4, 0.5) is 0 Å². The van der Waals surface area contributed by atoms with Crippen molar-refractivity contribution in [2.75, 3.05) is 19.9 Å². The van der Waals surface area contributed by atoms with Crippen molar-refractivity contribution in [3.63, 3.8) is 0 Å². The molecule has 3 aromatic rings. The molecule has 0 bridgehead atoms. The summed E-state index contributed by atoms with van der Waals surface area (Å²) < 4.78 is 15.9. The molecule has 2 aliphatic heterocycles. The molecule has 0 unspecified atom stereocenters. The summed E-state index contributed by atoms with van der Waals surface area (Å²) in [6.45, 7) is 1.77. The molecule has 9 nitrogen and oxygen atoms in total. The van der Waals surface area contributed by atoms with Gasteiger partial charge >= 0.3 is 0 Å². The van der Waals surface area contributed by atoms with Crippen molar-refractivity contribution in [2.45, 2.75) is 25.3 Å². The van der Waals surface area contributed by atoms with E-state index in [1.54, 1.807) is 42.7 Å². The van der Waals surface area contributed by atoms with E-state index in [0.29, 0.717) is 48.2 Å². The van der Waals surface area contributed by atoms with Crippen LogP contribution in [0.2, 0.25) is 0 Å². The van der Waals surface area contributed by atoms with Crippen molar-refractivity contribution in [1.29, 1.82) is 0 Å². The van der Waals surface area contributed by atoms with Crippen molar-refractivity contribution in [1.82, 2.24) is 20.4 Å².